The highest BCUT2D eigenvalue weighted by Gasteiger charge is 2.24. The molecule has 1 aromatic heterocycles. The number of halogens is 2. The summed E-state index contributed by atoms with van der Waals surface area (Å²) in [5.41, 5.74) is 5.71. The van der Waals surface area contributed by atoms with Crippen LogP contribution in [0.4, 0.5) is 20.2 Å². The third-order valence-corrected chi connectivity index (χ3v) is 8.05. The number of benzene rings is 2. The Kier molecular flexibility index (Phi) is 9.68. The molecule has 2 amide bonds. The molecule has 2 N–H and O–H groups in total. The first-order valence-electron chi connectivity index (χ1n) is 15.1. The number of anilines is 2. The number of amides is 2. The third-order valence-electron chi connectivity index (χ3n) is 8.05. The van der Waals surface area contributed by atoms with Crippen molar-refractivity contribution in [2.24, 2.45) is 0 Å². The van der Waals surface area contributed by atoms with Crippen LogP contribution in [0.1, 0.15) is 81.5 Å². The predicted octanol–water partition coefficient (Wildman–Crippen LogP) is 8.99. The molecule has 8 heteroatoms. The molecule has 2 bridgehead atoms. The maximum Gasteiger partial charge on any atom is 0.231 e. The molecular weight excluding hydrogens is 560 g/mol. The highest BCUT2D eigenvalue weighted by molar-refractivity contribution is 5.98. The molecule has 1 atom stereocenters. The van der Waals surface area contributed by atoms with E-state index in [1.165, 1.54) is 0 Å². The quantitative estimate of drug-likeness (QED) is 0.266. The number of carbonyl (C=O) groups is 2. The van der Waals surface area contributed by atoms with E-state index >= 15 is 0 Å². The Morgan fingerprint density at radius 1 is 1.07 bits per heavy atom. The molecule has 2 aliphatic rings. The maximum absolute atomic E-state index is 14.8. The Hall–Kier alpha value is -4.59. The average molecular weight is 598 g/mol. The largest absolute Gasteiger partial charge is 0.498 e. The fourth-order valence-electron chi connectivity index (χ4n) is 5.78. The molecule has 2 aromatic carbocycles. The zero-order valence-corrected chi connectivity index (χ0v) is 25.1. The number of fused-ring (bicyclic) bond motifs is 4. The van der Waals surface area contributed by atoms with E-state index in [4.69, 9.17) is 9.72 Å². The highest BCUT2D eigenvalue weighted by Crippen LogP contribution is 2.40. The van der Waals surface area contributed by atoms with Crippen LogP contribution in [0.2, 0.25) is 0 Å². The monoisotopic (exact) mass is 597 g/mol. The molecule has 44 heavy (non-hydrogen) atoms. The summed E-state index contributed by atoms with van der Waals surface area (Å²) in [6.45, 7) is 7.73. The third kappa shape index (κ3) is 7.13. The van der Waals surface area contributed by atoms with E-state index in [1.807, 2.05) is 31.2 Å². The Balaban J connectivity index is 1.46. The minimum atomic E-state index is -0.502. The van der Waals surface area contributed by atoms with Gasteiger partial charge in [0.15, 0.2) is 0 Å². The Morgan fingerprint density at radius 2 is 1.91 bits per heavy atom. The van der Waals surface area contributed by atoms with Crippen LogP contribution in [-0.4, -0.2) is 23.4 Å². The summed E-state index contributed by atoms with van der Waals surface area (Å²) in [4.78, 5) is 30.2. The van der Waals surface area contributed by atoms with Crippen molar-refractivity contribution in [2.45, 2.75) is 64.7 Å². The molecule has 1 unspecified atom stereocenters. The molecule has 1 aliphatic heterocycles. The number of nitrogens with zero attached hydrogens (tertiary/aromatic N) is 1. The van der Waals surface area contributed by atoms with Crippen molar-refractivity contribution in [3.8, 4) is 11.1 Å². The van der Waals surface area contributed by atoms with Crippen LogP contribution in [0.25, 0.3) is 16.7 Å². The maximum atomic E-state index is 14.8. The van der Waals surface area contributed by atoms with Crippen LogP contribution in [0.5, 0.6) is 0 Å². The van der Waals surface area contributed by atoms with Crippen molar-refractivity contribution in [2.75, 3.05) is 17.2 Å². The first kappa shape index (κ1) is 30.9. The van der Waals surface area contributed by atoms with Gasteiger partial charge in [0.1, 0.15) is 11.7 Å². The molecular formula is C36H37F2N3O3. The lowest BCUT2D eigenvalue weighted by atomic mass is 9.87. The van der Waals surface area contributed by atoms with Crippen molar-refractivity contribution in [3.05, 3.63) is 107 Å². The van der Waals surface area contributed by atoms with Gasteiger partial charge in [-0.15, -0.1) is 0 Å². The van der Waals surface area contributed by atoms with Crippen molar-refractivity contribution < 1.29 is 23.1 Å². The SMILES string of the molecule is C=C(CC(=O)Nc1ccc2c(c1)NC(=O)CCCCC(c1ccc(C3=C(F)CCC(C)=C3F)cn1)c1cccc-2c1)OCC. The van der Waals surface area contributed by atoms with E-state index in [9.17, 15) is 18.4 Å². The number of hydrogen-bond acceptors (Lipinski definition) is 4. The van der Waals surface area contributed by atoms with Crippen LogP contribution in [0.15, 0.2) is 90.4 Å². The second kappa shape index (κ2) is 13.8. The number of allylic oxidation sites excluding steroid dienone is 4. The number of rotatable bonds is 7. The smallest absolute Gasteiger partial charge is 0.231 e. The fourth-order valence-corrected chi connectivity index (χ4v) is 5.78. The van der Waals surface area contributed by atoms with Gasteiger partial charge >= 0.3 is 0 Å². The van der Waals surface area contributed by atoms with Gasteiger partial charge in [-0.3, -0.25) is 14.6 Å². The summed E-state index contributed by atoms with van der Waals surface area (Å²) < 4.78 is 34.8. The van der Waals surface area contributed by atoms with E-state index in [0.29, 0.717) is 54.1 Å². The number of nitrogens with one attached hydrogen (secondary N) is 2. The topological polar surface area (TPSA) is 80.3 Å². The highest BCUT2D eigenvalue weighted by atomic mass is 19.1. The van der Waals surface area contributed by atoms with Gasteiger partial charge in [0, 0.05) is 47.5 Å². The summed E-state index contributed by atoms with van der Waals surface area (Å²) in [5, 5.41) is 5.90. The normalized spacial score (nSPS) is 17.2. The van der Waals surface area contributed by atoms with Crippen LogP contribution in [-0.2, 0) is 14.3 Å². The Morgan fingerprint density at radius 3 is 2.68 bits per heavy atom. The minimum absolute atomic E-state index is 0.00546. The summed E-state index contributed by atoms with van der Waals surface area (Å²) in [6, 6.07) is 17.2. The molecule has 1 aliphatic carbocycles. The number of pyridine rings is 1. The minimum Gasteiger partial charge on any atom is -0.498 e. The average Bonchev–Trinajstić information content (AvgIpc) is 2.99. The first-order valence-corrected chi connectivity index (χ1v) is 15.1. The molecule has 2 heterocycles. The lowest BCUT2D eigenvalue weighted by Gasteiger charge is -2.21. The van der Waals surface area contributed by atoms with Gasteiger partial charge in [-0.1, -0.05) is 49.4 Å². The van der Waals surface area contributed by atoms with Gasteiger partial charge in [-0.2, -0.15) is 0 Å². The van der Waals surface area contributed by atoms with Gasteiger partial charge in [0.2, 0.25) is 11.8 Å². The molecule has 6 nitrogen and oxygen atoms in total. The van der Waals surface area contributed by atoms with Crippen molar-refractivity contribution in [3.63, 3.8) is 0 Å². The van der Waals surface area contributed by atoms with E-state index in [0.717, 1.165) is 35.2 Å². The Bertz CT molecular complexity index is 1640. The van der Waals surface area contributed by atoms with Crippen molar-refractivity contribution in [1.82, 2.24) is 4.98 Å². The second-order valence-corrected chi connectivity index (χ2v) is 11.3. The zero-order valence-electron chi connectivity index (χ0n) is 25.1. The molecule has 0 saturated carbocycles. The van der Waals surface area contributed by atoms with Crippen molar-refractivity contribution in [1.29, 1.82) is 0 Å². The lowest BCUT2D eigenvalue weighted by molar-refractivity contribution is -0.117. The summed E-state index contributed by atoms with van der Waals surface area (Å²) in [7, 11) is 0. The molecule has 3 aromatic rings. The molecule has 5 rings (SSSR count). The number of carbonyl (C=O) groups excluding carboxylic acids is 2. The van der Waals surface area contributed by atoms with Crippen LogP contribution < -0.4 is 10.6 Å². The summed E-state index contributed by atoms with van der Waals surface area (Å²) in [5.74, 6) is -1.00. The van der Waals surface area contributed by atoms with Gasteiger partial charge in [-0.25, -0.2) is 8.78 Å². The summed E-state index contributed by atoms with van der Waals surface area (Å²) >= 11 is 0. The van der Waals surface area contributed by atoms with E-state index in [-0.39, 0.29) is 36.1 Å². The number of hydrogen-bond donors (Lipinski definition) is 2. The number of aromatic nitrogens is 1. The van der Waals surface area contributed by atoms with Crippen LogP contribution >= 0.6 is 0 Å². The van der Waals surface area contributed by atoms with E-state index in [2.05, 4.69) is 29.3 Å². The molecule has 228 valence electrons. The van der Waals surface area contributed by atoms with Gasteiger partial charge in [0.05, 0.1) is 30.0 Å². The number of ether oxygens (including phenoxy) is 1. The molecule has 0 radical (unpaired) electrons. The molecule has 0 saturated heterocycles. The fraction of sp³-hybridized carbons (Fsp3) is 0.306. The second-order valence-electron chi connectivity index (χ2n) is 11.3. The lowest BCUT2D eigenvalue weighted by Crippen LogP contribution is -2.15. The molecule has 0 spiro atoms. The van der Waals surface area contributed by atoms with Crippen LogP contribution in [0.3, 0.4) is 0 Å². The standard InChI is InChI=1S/C36H37F2N3O3/c1-4-44-23(3)18-34(43)40-27-14-15-29-25-9-7-8-24(19-25)28(10-5-6-11-33(42)41-32(29)20-27)31-17-13-26(21-39-31)35-30(37)16-12-22(2)36(35)38/h7-9,13-15,17,19-21,28H,3-6,10-12,16,18H2,1-2H3,(H,40,43)(H,41,42). The van der Waals surface area contributed by atoms with Gasteiger partial charge in [-0.05, 0) is 68.0 Å². The summed E-state index contributed by atoms with van der Waals surface area (Å²) in [6.07, 6.45) is 4.74. The Labute approximate surface area is 256 Å². The first-order chi connectivity index (χ1) is 21.2. The van der Waals surface area contributed by atoms with E-state index < -0.39 is 11.7 Å². The molecule has 0 fully saturated rings. The van der Waals surface area contributed by atoms with Crippen molar-refractivity contribution >= 4 is 28.8 Å². The predicted molar refractivity (Wildman–Crippen MR) is 170 cm³/mol. The van der Waals surface area contributed by atoms with Gasteiger partial charge < -0.3 is 15.4 Å². The van der Waals surface area contributed by atoms with Crippen LogP contribution in [0, 0.1) is 0 Å². The zero-order chi connectivity index (χ0) is 31.2. The van der Waals surface area contributed by atoms with E-state index in [1.54, 1.807) is 31.3 Å². The van der Waals surface area contributed by atoms with Gasteiger partial charge in [0.25, 0.3) is 0 Å².